The average molecular weight is 275 g/mol. The third kappa shape index (κ3) is 4.75. The highest BCUT2D eigenvalue weighted by Crippen LogP contribution is 2.16. The number of nitrogens with one attached hydrogen (secondary N) is 1. The summed E-state index contributed by atoms with van der Waals surface area (Å²) in [6.07, 6.45) is 4.20. The third-order valence-corrected chi connectivity index (χ3v) is 3.03. The molecule has 0 saturated carbocycles. The summed E-state index contributed by atoms with van der Waals surface area (Å²) in [5.74, 6) is 1.17. The lowest BCUT2D eigenvalue weighted by atomic mass is 10.2. The van der Waals surface area contributed by atoms with Gasteiger partial charge in [0.15, 0.2) is 0 Å². The van der Waals surface area contributed by atoms with E-state index >= 15 is 0 Å². The number of hydrogen-bond donors (Lipinski definition) is 2. The molecule has 0 saturated heterocycles. The van der Waals surface area contributed by atoms with Crippen molar-refractivity contribution < 1.29 is 9.52 Å². The molecule has 5 nitrogen and oxygen atoms in total. The fraction of sp³-hybridized carbons (Fsp3) is 0.467. The molecule has 2 aromatic rings. The van der Waals surface area contributed by atoms with E-state index in [1.54, 1.807) is 0 Å². The lowest BCUT2D eigenvalue weighted by Crippen LogP contribution is -2.14. The smallest absolute Gasteiger partial charge is 0.247 e. The molecule has 0 aliphatic carbocycles. The maximum atomic E-state index is 8.67. The van der Waals surface area contributed by atoms with Crippen molar-refractivity contribution in [3.63, 3.8) is 0 Å². The van der Waals surface area contributed by atoms with Gasteiger partial charge in [-0.05, 0) is 31.5 Å². The molecule has 0 bridgehead atoms. The van der Waals surface area contributed by atoms with Crippen LogP contribution in [0.15, 0.2) is 34.7 Å². The first-order valence-electron chi connectivity index (χ1n) is 7.09. The van der Waals surface area contributed by atoms with E-state index in [4.69, 9.17) is 9.52 Å². The van der Waals surface area contributed by atoms with Crippen LogP contribution in [0, 0.1) is 0 Å². The highest BCUT2D eigenvalue weighted by atomic mass is 16.4. The van der Waals surface area contributed by atoms with Gasteiger partial charge < -0.3 is 14.8 Å². The number of aliphatic hydroxyl groups excluding tert-OH is 1. The van der Waals surface area contributed by atoms with Crippen molar-refractivity contribution in [3.8, 4) is 11.5 Å². The van der Waals surface area contributed by atoms with Crippen LogP contribution >= 0.6 is 0 Å². The van der Waals surface area contributed by atoms with Crippen molar-refractivity contribution in [1.82, 2.24) is 15.5 Å². The van der Waals surface area contributed by atoms with Crippen LogP contribution in [0.3, 0.4) is 0 Å². The Balaban J connectivity index is 1.69. The number of benzene rings is 1. The van der Waals surface area contributed by atoms with Gasteiger partial charge in [-0.25, -0.2) is 0 Å². The largest absolute Gasteiger partial charge is 0.419 e. The molecule has 0 aliphatic heterocycles. The van der Waals surface area contributed by atoms with Crippen LogP contribution < -0.4 is 5.32 Å². The molecule has 0 amide bonds. The Bertz CT molecular complexity index is 485. The monoisotopic (exact) mass is 275 g/mol. The van der Waals surface area contributed by atoms with Crippen molar-refractivity contribution in [2.45, 2.75) is 32.2 Å². The van der Waals surface area contributed by atoms with Crippen LogP contribution in [0.4, 0.5) is 0 Å². The quantitative estimate of drug-likeness (QED) is 0.687. The van der Waals surface area contributed by atoms with Crippen molar-refractivity contribution in [3.05, 3.63) is 36.2 Å². The van der Waals surface area contributed by atoms with Crippen LogP contribution in [0.5, 0.6) is 0 Å². The molecule has 1 aromatic heterocycles. The number of nitrogens with zero attached hydrogens (tertiary/aromatic N) is 2. The first-order valence-corrected chi connectivity index (χ1v) is 7.09. The van der Waals surface area contributed by atoms with Gasteiger partial charge in [0.05, 0.1) is 6.54 Å². The van der Waals surface area contributed by atoms with Crippen LogP contribution in [0.1, 0.15) is 31.6 Å². The Hall–Kier alpha value is -1.72. The summed E-state index contributed by atoms with van der Waals surface area (Å²) in [4.78, 5) is 0. The van der Waals surface area contributed by atoms with Gasteiger partial charge in [0.2, 0.25) is 11.8 Å². The summed E-state index contributed by atoms with van der Waals surface area (Å²) in [5, 5.41) is 20.0. The van der Waals surface area contributed by atoms with Gasteiger partial charge in [0.1, 0.15) is 0 Å². The Labute approximate surface area is 119 Å². The second-order valence-electron chi connectivity index (χ2n) is 4.68. The third-order valence-electron chi connectivity index (χ3n) is 3.03. The fourth-order valence-electron chi connectivity index (χ4n) is 1.93. The lowest BCUT2D eigenvalue weighted by molar-refractivity contribution is 0.282. The maximum absolute atomic E-state index is 8.67. The maximum Gasteiger partial charge on any atom is 0.247 e. The second kappa shape index (κ2) is 8.45. The summed E-state index contributed by atoms with van der Waals surface area (Å²) in [6.45, 7) is 1.81. The Kier molecular flexibility index (Phi) is 6.20. The van der Waals surface area contributed by atoms with Gasteiger partial charge in [0.25, 0.3) is 0 Å². The Morgan fingerprint density at radius 3 is 2.60 bits per heavy atom. The Morgan fingerprint density at radius 1 is 1.00 bits per heavy atom. The van der Waals surface area contributed by atoms with Crippen LogP contribution in [-0.4, -0.2) is 28.5 Å². The molecule has 0 unspecified atom stereocenters. The minimum atomic E-state index is 0.289. The molecule has 5 heteroatoms. The summed E-state index contributed by atoms with van der Waals surface area (Å²) in [5.41, 5.74) is 0.940. The molecule has 2 rings (SSSR count). The molecule has 108 valence electrons. The molecule has 0 aliphatic rings. The number of unbranched alkanes of at least 4 members (excludes halogenated alkanes) is 3. The summed E-state index contributed by atoms with van der Waals surface area (Å²) >= 11 is 0. The number of aromatic nitrogens is 2. The minimum absolute atomic E-state index is 0.289. The van der Waals surface area contributed by atoms with E-state index < -0.39 is 0 Å². The predicted molar refractivity (Wildman–Crippen MR) is 77.0 cm³/mol. The van der Waals surface area contributed by atoms with Gasteiger partial charge in [-0.3, -0.25) is 0 Å². The van der Waals surface area contributed by atoms with Crippen molar-refractivity contribution in [2.75, 3.05) is 13.2 Å². The molecule has 0 atom stereocenters. The van der Waals surface area contributed by atoms with E-state index in [0.29, 0.717) is 18.3 Å². The van der Waals surface area contributed by atoms with E-state index in [0.717, 1.165) is 37.8 Å². The zero-order chi connectivity index (χ0) is 14.0. The lowest BCUT2D eigenvalue weighted by Gasteiger charge is -2.01. The van der Waals surface area contributed by atoms with E-state index in [1.807, 2.05) is 30.3 Å². The molecule has 0 fully saturated rings. The topological polar surface area (TPSA) is 71.2 Å². The Morgan fingerprint density at radius 2 is 1.80 bits per heavy atom. The SMILES string of the molecule is OCCCCCCNCc1nnc(-c2ccccc2)o1. The van der Waals surface area contributed by atoms with Gasteiger partial charge >= 0.3 is 0 Å². The number of aliphatic hydroxyl groups is 1. The molecule has 2 N–H and O–H groups in total. The summed E-state index contributed by atoms with van der Waals surface area (Å²) in [7, 11) is 0. The first-order chi connectivity index (χ1) is 9.90. The van der Waals surface area contributed by atoms with Crippen LogP contribution in [-0.2, 0) is 6.54 Å². The average Bonchev–Trinajstić information content (AvgIpc) is 2.96. The van der Waals surface area contributed by atoms with Crippen LogP contribution in [0.25, 0.3) is 11.5 Å². The number of rotatable bonds is 9. The van der Waals surface area contributed by atoms with E-state index in [2.05, 4.69) is 15.5 Å². The van der Waals surface area contributed by atoms with Gasteiger partial charge in [-0.15, -0.1) is 10.2 Å². The first kappa shape index (κ1) is 14.7. The summed E-state index contributed by atoms with van der Waals surface area (Å²) in [6, 6.07) is 9.75. The zero-order valence-corrected chi connectivity index (χ0v) is 11.6. The minimum Gasteiger partial charge on any atom is -0.419 e. The van der Waals surface area contributed by atoms with Crippen LogP contribution in [0.2, 0.25) is 0 Å². The van der Waals surface area contributed by atoms with Gasteiger partial charge in [0, 0.05) is 12.2 Å². The van der Waals surface area contributed by atoms with Crippen molar-refractivity contribution in [2.24, 2.45) is 0 Å². The molecule has 0 spiro atoms. The van der Waals surface area contributed by atoms with E-state index in [-0.39, 0.29) is 6.61 Å². The van der Waals surface area contributed by atoms with Gasteiger partial charge in [-0.1, -0.05) is 31.0 Å². The molecule has 20 heavy (non-hydrogen) atoms. The van der Waals surface area contributed by atoms with Crippen molar-refractivity contribution >= 4 is 0 Å². The summed E-state index contributed by atoms with van der Waals surface area (Å²) < 4.78 is 5.60. The molecule has 1 heterocycles. The molecule has 1 aromatic carbocycles. The fourth-order valence-corrected chi connectivity index (χ4v) is 1.93. The van der Waals surface area contributed by atoms with Crippen molar-refractivity contribution in [1.29, 1.82) is 0 Å². The van der Waals surface area contributed by atoms with Gasteiger partial charge in [-0.2, -0.15) is 0 Å². The zero-order valence-electron chi connectivity index (χ0n) is 11.6. The highest BCUT2D eigenvalue weighted by Gasteiger charge is 2.07. The highest BCUT2D eigenvalue weighted by molar-refractivity contribution is 5.51. The van der Waals surface area contributed by atoms with E-state index in [1.165, 1.54) is 0 Å². The standard InChI is InChI=1S/C15H21N3O2/c19-11-7-2-1-6-10-16-12-14-17-18-15(20-14)13-8-4-3-5-9-13/h3-5,8-9,16,19H,1-2,6-7,10-12H2. The molecular weight excluding hydrogens is 254 g/mol. The number of hydrogen-bond acceptors (Lipinski definition) is 5. The second-order valence-corrected chi connectivity index (χ2v) is 4.68. The molecule has 0 radical (unpaired) electrons. The molecular formula is C15H21N3O2. The van der Waals surface area contributed by atoms with E-state index in [9.17, 15) is 0 Å². The predicted octanol–water partition coefficient (Wildman–Crippen LogP) is 2.38. The normalized spacial score (nSPS) is 10.8.